The number of carbonyl (C=O) groups is 1. The van der Waals surface area contributed by atoms with Crippen molar-refractivity contribution in [3.8, 4) is 0 Å². The van der Waals surface area contributed by atoms with E-state index in [0.717, 1.165) is 12.8 Å². The maximum absolute atomic E-state index is 13.8. The van der Waals surface area contributed by atoms with E-state index < -0.39 is 10.7 Å². The standard InChI is InChI=1S/C19H21FN6O3/c1-12-2-3-13(10-15(12)20)18(27)24-6-8-25(9-7-24)19-21-11-16(26(28)29)17(23-19)22-14-4-5-14/h2-3,10-11,14H,4-9H2,1H3,(H,21,22,23). The van der Waals surface area contributed by atoms with Crippen LogP contribution in [0.3, 0.4) is 0 Å². The first kappa shape index (κ1) is 19.0. The molecule has 0 radical (unpaired) electrons. The second-order valence-electron chi connectivity index (χ2n) is 7.32. The predicted molar refractivity (Wildman–Crippen MR) is 105 cm³/mol. The summed E-state index contributed by atoms with van der Waals surface area (Å²) in [6, 6.07) is 4.71. The summed E-state index contributed by atoms with van der Waals surface area (Å²) < 4.78 is 13.8. The first-order valence-electron chi connectivity index (χ1n) is 9.50. The average molecular weight is 400 g/mol. The Labute approximate surface area is 166 Å². The number of aryl methyl sites for hydroxylation is 1. The molecule has 0 spiro atoms. The van der Waals surface area contributed by atoms with Crippen LogP contribution >= 0.6 is 0 Å². The molecular weight excluding hydrogens is 379 g/mol. The van der Waals surface area contributed by atoms with Crippen LogP contribution < -0.4 is 10.2 Å². The number of rotatable bonds is 5. The number of anilines is 2. The van der Waals surface area contributed by atoms with Gasteiger partial charge in [-0.1, -0.05) is 6.07 Å². The van der Waals surface area contributed by atoms with Gasteiger partial charge in [-0.2, -0.15) is 4.98 Å². The van der Waals surface area contributed by atoms with Crippen molar-refractivity contribution in [3.63, 3.8) is 0 Å². The smallest absolute Gasteiger partial charge is 0.329 e. The van der Waals surface area contributed by atoms with Gasteiger partial charge in [-0.25, -0.2) is 9.37 Å². The number of amides is 1. The molecule has 1 saturated heterocycles. The monoisotopic (exact) mass is 400 g/mol. The Morgan fingerprint density at radius 3 is 2.62 bits per heavy atom. The predicted octanol–water partition coefficient (Wildman–Crippen LogP) is 2.37. The number of nitrogens with one attached hydrogen (secondary N) is 1. The summed E-state index contributed by atoms with van der Waals surface area (Å²) in [4.78, 5) is 35.4. The van der Waals surface area contributed by atoms with Gasteiger partial charge >= 0.3 is 5.69 Å². The van der Waals surface area contributed by atoms with Crippen LogP contribution in [0.1, 0.15) is 28.8 Å². The van der Waals surface area contributed by atoms with E-state index in [1.807, 2.05) is 4.90 Å². The lowest BCUT2D eigenvalue weighted by molar-refractivity contribution is -0.384. The fourth-order valence-electron chi connectivity index (χ4n) is 3.20. The molecule has 152 valence electrons. The normalized spacial score (nSPS) is 16.6. The van der Waals surface area contributed by atoms with Crippen molar-refractivity contribution in [1.29, 1.82) is 0 Å². The van der Waals surface area contributed by atoms with Crippen LogP contribution in [-0.2, 0) is 0 Å². The molecule has 4 rings (SSSR count). The molecule has 0 atom stereocenters. The van der Waals surface area contributed by atoms with Gasteiger partial charge in [-0.3, -0.25) is 14.9 Å². The number of hydrogen-bond donors (Lipinski definition) is 1. The topological polar surface area (TPSA) is 104 Å². The van der Waals surface area contributed by atoms with E-state index in [2.05, 4.69) is 15.3 Å². The fourth-order valence-corrected chi connectivity index (χ4v) is 3.20. The fraction of sp³-hybridized carbons (Fsp3) is 0.421. The second kappa shape index (κ2) is 7.61. The summed E-state index contributed by atoms with van der Waals surface area (Å²) in [5, 5.41) is 14.3. The highest BCUT2D eigenvalue weighted by Crippen LogP contribution is 2.30. The van der Waals surface area contributed by atoms with Crippen molar-refractivity contribution in [1.82, 2.24) is 14.9 Å². The van der Waals surface area contributed by atoms with Crippen molar-refractivity contribution in [2.24, 2.45) is 0 Å². The molecule has 29 heavy (non-hydrogen) atoms. The molecule has 1 aromatic heterocycles. The number of nitrogens with zero attached hydrogens (tertiary/aromatic N) is 5. The number of aromatic nitrogens is 2. The molecule has 2 heterocycles. The van der Waals surface area contributed by atoms with E-state index >= 15 is 0 Å². The van der Waals surface area contributed by atoms with E-state index in [1.165, 1.54) is 12.3 Å². The molecule has 1 saturated carbocycles. The Morgan fingerprint density at radius 1 is 1.28 bits per heavy atom. The molecular formula is C19H21FN6O3. The maximum atomic E-state index is 13.8. The molecule has 10 heteroatoms. The van der Waals surface area contributed by atoms with Gasteiger partial charge in [0.05, 0.1) is 4.92 Å². The number of benzene rings is 1. The first-order valence-corrected chi connectivity index (χ1v) is 9.50. The third kappa shape index (κ3) is 4.10. The SMILES string of the molecule is Cc1ccc(C(=O)N2CCN(c3ncc([N+](=O)[O-])c(NC4CC4)n3)CC2)cc1F. The summed E-state index contributed by atoms with van der Waals surface area (Å²) in [7, 11) is 0. The van der Waals surface area contributed by atoms with Crippen LogP contribution in [0, 0.1) is 22.9 Å². The van der Waals surface area contributed by atoms with Crippen molar-refractivity contribution in [2.75, 3.05) is 36.4 Å². The quantitative estimate of drug-likeness (QED) is 0.607. The van der Waals surface area contributed by atoms with Crippen molar-refractivity contribution in [2.45, 2.75) is 25.8 Å². The number of carbonyl (C=O) groups excluding carboxylic acids is 1. The zero-order chi connectivity index (χ0) is 20.5. The Bertz CT molecular complexity index is 957. The van der Waals surface area contributed by atoms with Crippen LogP contribution in [-0.4, -0.2) is 57.9 Å². The maximum Gasteiger partial charge on any atom is 0.329 e. The summed E-state index contributed by atoms with van der Waals surface area (Å²) >= 11 is 0. The summed E-state index contributed by atoms with van der Waals surface area (Å²) in [6.07, 6.45) is 3.16. The minimum Gasteiger partial charge on any atom is -0.361 e. The molecule has 1 N–H and O–H groups in total. The third-order valence-corrected chi connectivity index (χ3v) is 5.14. The zero-order valence-corrected chi connectivity index (χ0v) is 16.0. The minimum atomic E-state index is -0.494. The molecule has 2 fully saturated rings. The molecule has 9 nitrogen and oxygen atoms in total. The van der Waals surface area contributed by atoms with Crippen LogP contribution in [0.4, 0.5) is 21.8 Å². The minimum absolute atomic E-state index is 0.143. The van der Waals surface area contributed by atoms with Gasteiger partial charge in [0.15, 0.2) is 0 Å². The zero-order valence-electron chi connectivity index (χ0n) is 16.0. The number of nitro groups is 1. The van der Waals surface area contributed by atoms with E-state index in [9.17, 15) is 19.3 Å². The lowest BCUT2D eigenvalue weighted by atomic mass is 10.1. The first-order chi connectivity index (χ1) is 13.9. The molecule has 1 amide bonds. The van der Waals surface area contributed by atoms with E-state index in [0.29, 0.717) is 43.3 Å². The van der Waals surface area contributed by atoms with E-state index in [4.69, 9.17) is 0 Å². The number of hydrogen-bond acceptors (Lipinski definition) is 7. The molecule has 2 aliphatic rings. The van der Waals surface area contributed by atoms with Crippen molar-refractivity contribution >= 4 is 23.4 Å². The Balaban J connectivity index is 1.44. The molecule has 1 aromatic carbocycles. The Hall–Kier alpha value is -3.30. The molecule has 0 unspecified atom stereocenters. The van der Waals surface area contributed by atoms with E-state index in [1.54, 1.807) is 24.0 Å². The highest BCUT2D eigenvalue weighted by molar-refractivity contribution is 5.94. The second-order valence-corrected chi connectivity index (χ2v) is 7.32. The van der Waals surface area contributed by atoms with Crippen molar-refractivity contribution in [3.05, 3.63) is 51.5 Å². The van der Waals surface area contributed by atoms with Gasteiger partial charge in [0.1, 0.15) is 12.0 Å². The Kier molecular flexibility index (Phi) is 4.99. The van der Waals surface area contributed by atoms with Crippen LogP contribution in [0.5, 0.6) is 0 Å². The lowest BCUT2D eigenvalue weighted by Crippen LogP contribution is -2.49. The highest BCUT2D eigenvalue weighted by Gasteiger charge is 2.29. The van der Waals surface area contributed by atoms with Gasteiger partial charge in [0, 0.05) is 37.8 Å². The van der Waals surface area contributed by atoms with Crippen LogP contribution in [0.2, 0.25) is 0 Å². The third-order valence-electron chi connectivity index (χ3n) is 5.14. The van der Waals surface area contributed by atoms with Gasteiger partial charge in [0.25, 0.3) is 5.91 Å². The van der Waals surface area contributed by atoms with Crippen LogP contribution in [0.15, 0.2) is 24.4 Å². The van der Waals surface area contributed by atoms with Gasteiger partial charge in [-0.05, 0) is 37.5 Å². The van der Waals surface area contributed by atoms with Crippen molar-refractivity contribution < 1.29 is 14.1 Å². The molecule has 0 bridgehead atoms. The Morgan fingerprint density at radius 2 is 2.00 bits per heavy atom. The number of halogens is 1. The number of piperazine rings is 1. The highest BCUT2D eigenvalue weighted by atomic mass is 19.1. The lowest BCUT2D eigenvalue weighted by Gasteiger charge is -2.34. The average Bonchev–Trinajstić information content (AvgIpc) is 3.53. The molecule has 2 aromatic rings. The van der Waals surface area contributed by atoms with Crippen LogP contribution in [0.25, 0.3) is 0 Å². The van der Waals surface area contributed by atoms with E-state index in [-0.39, 0.29) is 23.5 Å². The van der Waals surface area contributed by atoms with Gasteiger partial charge < -0.3 is 15.1 Å². The summed E-state index contributed by atoms with van der Waals surface area (Å²) in [5.74, 6) is 0.0112. The van der Waals surface area contributed by atoms with Gasteiger partial charge in [0.2, 0.25) is 11.8 Å². The molecule has 1 aliphatic carbocycles. The summed E-state index contributed by atoms with van der Waals surface area (Å²) in [6.45, 7) is 3.49. The summed E-state index contributed by atoms with van der Waals surface area (Å²) in [5.41, 5.74) is 0.678. The van der Waals surface area contributed by atoms with Gasteiger partial charge in [-0.15, -0.1) is 0 Å². The largest absolute Gasteiger partial charge is 0.361 e. The molecule has 1 aliphatic heterocycles.